The fourth-order valence-electron chi connectivity index (χ4n) is 4.98. The molecule has 4 heterocycles. The van der Waals surface area contributed by atoms with Gasteiger partial charge in [-0.1, -0.05) is 18.2 Å². The van der Waals surface area contributed by atoms with Crippen molar-refractivity contribution in [3.05, 3.63) is 53.9 Å². The molecule has 9 nitrogen and oxygen atoms in total. The maximum Gasteiger partial charge on any atom is 0.272 e. The molecule has 0 radical (unpaired) electrons. The number of hydrogen-bond donors (Lipinski definition) is 2. The van der Waals surface area contributed by atoms with E-state index in [0.29, 0.717) is 17.3 Å². The molecule has 3 aromatic rings. The van der Waals surface area contributed by atoms with Crippen LogP contribution >= 0.6 is 0 Å². The number of nitrogens with zero attached hydrogens (tertiary/aromatic N) is 6. The molecule has 0 atom stereocenters. The number of rotatable bonds is 4. The van der Waals surface area contributed by atoms with E-state index < -0.39 is 0 Å². The van der Waals surface area contributed by atoms with E-state index in [1.807, 2.05) is 4.90 Å². The summed E-state index contributed by atoms with van der Waals surface area (Å²) in [6, 6.07) is 12.3. The predicted molar refractivity (Wildman–Crippen MR) is 128 cm³/mol. The number of anilines is 3. The molecule has 1 aromatic carbocycles. The third kappa shape index (κ3) is 4.35. The molecule has 0 bridgehead atoms. The number of hydrogen-bond acceptors (Lipinski definition) is 7. The monoisotopic (exact) mass is 446 g/mol. The first-order valence-corrected chi connectivity index (χ1v) is 11.7. The summed E-state index contributed by atoms with van der Waals surface area (Å²) >= 11 is 0. The molecule has 0 unspecified atom stereocenters. The lowest BCUT2D eigenvalue weighted by Crippen LogP contribution is -2.38. The summed E-state index contributed by atoms with van der Waals surface area (Å²) in [7, 11) is 0. The molecule has 9 heteroatoms. The van der Waals surface area contributed by atoms with Gasteiger partial charge in [0.05, 0.1) is 11.9 Å². The summed E-state index contributed by atoms with van der Waals surface area (Å²) in [4.78, 5) is 25.7. The maximum absolute atomic E-state index is 13.1. The van der Waals surface area contributed by atoms with Crippen LogP contribution in [0.1, 0.15) is 54.1 Å². The Morgan fingerprint density at radius 3 is 2.36 bits per heavy atom. The highest BCUT2D eigenvalue weighted by molar-refractivity contribution is 5.92. The molecule has 0 saturated carbocycles. The summed E-state index contributed by atoms with van der Waals surface area (Å²) in [5, 5.41) is 4.04. The number of aromatic nitrogens is 4. The molecule has 4 N–H and O–H groups in total. The molecule has 1 amide bonds. The first-order valence-electron chi connectivity index (χ1n) is 11.7. The number of nitrogen functional groups attached to an aromatic ring is 2. The number of likely N-dealkylation sites (tertiary alicyclic amines) is 1. The van der Waals surface area contributed by atoms with Gasteiger partial charge in [-0.2, -0.15) is 9.67 Å². The van der Waals surface area contributed by atoms with E-state index >= 15 is 0 Å². The van der Waals surface area contributed by atoms with Crippen molar-refractivity contribution >= 4 is 23.5 Å². The second-order valence-electron chi connectivity index (χ2n) is 8.81. The minimum Gasteiger partial charge on any atom is -0.371 e. The van der Waals surface area contributed by atoms with E-state index in [4.69, 9.17) is 11.5 Å². The summed E-state index contributed by atoms with van der Waals surface area (Å²) in [5.41, 5.74) is 15.2. The predicted octanol–water partition coefficient (Wildman–Crippen LogP) is 2.84. The van der Waals surface area contributed by atoms with Crippen molar-refractivity contribution in [2.45, 2.75) is 38.0 Å². The second-order valence-corrected chi connectivity index (χ2v) is 8.81. The number of para-hydroxylation sites is 1. The Balaban J connectivity index is 1.24. The van der Waals surface area contributed by atoms with Gasteiger partial charge in [0.2, 0.25) is 11.9 Å². The Morgan fingerprint density at radius 1 is 0.939 bits per heavy atom. The smallest absolute Gasteiger partial charge is 0.272 e. The van der Waals surface area contributed by atoms with Crippen molar-refractivity contribution in [2.75, 3.05) is 42.5 Å². The van der Waals surface area contributed by atoms with Crippen molar-refractivity contribution in [3.8, 4) is 5.69 Å². The van der Waals surface area contributed by atoms with E-state index in [-0.39, 0.29) is 17.8 Å². The summed E-state index contributed by atoms with van der Waals surface area (Å²) in [5.74, 6) is 0.705. The highest BCUT2D eigenvalue weighted by atomic mass is 16.2. The van der Waals surface area contributed by atoms with Gasteiger partial charge in [0.25, 0.3) is 5.91 Å². The molecular formula is C24H30N8O. The molecular weight excluding hydrogens is 416 g/mol. The fourth-order valence-corrected chi connectivity index (χ4v) is 4.98. The van der Waals surface area contributed by atoms with Gasteiger partial charge < -0.3 is 21.3 Å². The number of carbonyl (C=O) groups is 1. The van der Waals surface area contributed by atoms with Crippen LogP contribution in [-0.2, 0) is 0 Å². The Kier molecular flexibility index (Phi) is 5.85. The first-order chi connectivity index (χ1) is 16.1. The summed E-state index contributed by atoms with van der Waals surface area (Å²) in [6.45, 7) is 3.74. The Morgan fingerprint density at radius 2 is 1.70 bits per heavy atom. The van der Waals surface area contributed by atoms with Crippen molar-refractivity contribution in [2.24, 2.45) is 0 Å². The fraction of sp³-hybridized carbons (Fsp3) is 0.417. The molecule has 33 heavy (non-hydrogen) atoms. The Labute approximate surface area is 193 Å². The van der Waals surface area contributed by atoms with Gasteiger partial charge in [-0.05, 0) is 61.8 Å². The van der Waals surface area contributed by atoms with Gasteiger partial charge >= 0.3 is 0 Å². The highest BCUT2D eigenvalue weighted by Gasteiger charge is 2.27. The van der Waals surface area contributed by atoms with Crippen molar-refractivity contribution < 1.29 is 4.79 Å². The van der Waals surface area contributed by atoms with Crippen LogP contribution in [0.3, 0.4) is 0 Å². The number of nitrogens with two attached hydrogens (primary N) is 2. The minimum atomic E-state index is -0.0459. The van der Waals surface area contributed by atoms with E-state index in [2.05, 4.69) is 44.2 Å². The van der Waals surface area contributed by atoms with E-state index in [1.54, 1.807) is 18.3 Å². The molecule has 2 aliphatic heterocycles. The number of amides is 1. The largest absolute Gasteiger partial charge is 0.371 e. The van der Waals surface area contributed by atoms with Crippen LogP contribution in [0.5, 0.6) is 0 Å². The summed E-state index contributed by atoms with van der Waals surface area (Å²) in [6.07, 6.45) is 7.36. The number of pyridine rings is 1. The molecule has 2 aliphatic rings. The third-order valence-electron chi connectivity index (χ3n) is 6.72. The van der Waals surface area contributed by atoms with Crippen LogP contribution in [-0.4, -0.2) is 56.7 Å². The normalized spacial score (nSPS) is 17.3. The lowest BCUT2D eigenvalue weighted by atomic mass is 9.87. The van der Waals surface area contributed by atoms with Crippen LogP contribution in [0.4, 0.5) is 17.6 Å². The SMILES string of the molecule is Nc1nc(N)n(-c2ccc(C(=O)N3CCC(c4ccccc4N4CCCCC4)CC3)nc2)n1. The third-order valence-corrected chi connectivity index (χ3v) is 6.72. The molecule has 0 spiro atoms. The van der Waals surface area contributed by atoms with Crippen LogP contribution < -0.4 is 16.4 Å². The van der Waals surface area contributed by atoms with Crippen LogP contribution in [0.15, 0.2) is 42.6 Å². The Hall–Kier alpha value is -3.62. The van der Waals surface area contributed by atoms with Gasteiger partial charge in [-0.25, -0.2) is 4.98 Å². The zero-order chi connectivity index (χ0) is 22.8. The van der Waals surface area contributed by atoms with Crippen LogP contribution in [0, 0.1) is 0 Å². The second kappa shape index (κ2) is 9.09. The maximum atomic E-state index is 13.1. The molecule has 2 aromatic heterocycles. The standard InChI is InChI=1S/C24H30N8O/c25-23-28-24(26)32(29-23)18-8-9-20(27-16-18)22(33)31-14-10-17(11-15-31)19-6-2-3-7-21(19)30-12-4-1-5-13-30/h2-3,6-9,16-17H,1,4-5,10-15H2,(H4,25,26,28,29). The Bertz CT molecular complexity index is 1110. The first kappa shape index (κ1) is 21.2. The zero-order valence-electron chi connectivity index (χ0n) is 18.7. The molecule has 0 aliphatic carbocycles. The number of piperidine rings is 2. The van der Waals surface area contributed by atoms with Gasteiger partial charge in [0.1, 0.15) is 5.69 Å². The molecule has 2 fully saturated rings. The van der Waals surface area contributed by atoms with Crippen molar-refractivity contribution in [1.82, 2.24) is 24.6 Å². The molecule has 2 saturated heterocycles. The minimum absolute atomic E-state index is 0.0459. The number of benzene rings is 1. The van der Waals surface area contributed by atoms with Crippen molar-refractivity contribution in [3.63, 3.8) is 0 Å². The van der Waals surface area contributed by atoms with Gasteiger partial charge in [-0.3, -0.25) is 4.79 Å². The van der Waals surface area contributed by atoms with Crippen LogP contribution in [0.25, 0.3) is 5.69 Å². The zero-order valence-corrected chi connectivity index (χ0v) is 18.7. The van der Waals surface area contributed by atoms with Gasteiger partial charge in [-0.15, -0.1) is 5.10 Å². The average Bonchev–Trinajstić information content (AvgIpc) is 3.22. The average molecular weight is 447 g/mol. The lowest BCUT2D eigenvalue weighted by molar-refractivity contribution is 0.0707. The van der Waals surface area contributed by atoms with Crippen molar-refractivity contribution in [1.29, 1.82) is 0 Å². The van der Waals surface area contributed by atoms with E-state index in [1.165, 1.54) is 35.2 Å². The topological polar surface area (TPSA) is 119 Å². The van der Waals surface area contributed by atoms with Crippen LogP contribution in [0.2, 0.25) is 0 Å². The van der Waals surface area contributed by atoms with Gasteiger partial charge in [0.15, 0.2) is 0 Å². The molecule has 172 valence electrons. The van der Waals surface area contributed by atoms with E-state index in [0.717, 1.165) is 39.0 Å². The van der Waals surface area contributed by atoms with Gasteiger partial charge in [0, 0.05) is 31.9 Å². The molecule has 5 rings (SSSR count). The highest BCUT2D eigenvalue weighted by Crippen LogP contribution is 2.36. The number of carbonyl (C=O) groups excluding carboxylic acids is 1. The summed E-state index contributed by atoms with van der Waals surface area (Å²) < 4.78 is 1.40. The lowest BCUT2D eigenvalue weighted by Gasteiger charge is -2.36. The quantitative estimate of drug-likeness (QED) is 0.632. The van der Waals surface area contributed by atoms with E-state index in [9.17, 15) is 4.79 Å².